The van der Waals surface area contributed by atoms with Gasteiger partial charge in [-0.3, -0.25) is 4.79 Å². The van der Waals surface area contributed by atoms with Crippen molar-refractivity contribution in [2.24, 2.45) is 0 Å². The topological polar surface area (TPSA) is 49.3 Å². The number of rotatable bonds is 6. The second kappa shape index (κ2) is 6.88. The van der Waals surface area contributed by atoms with E-state index in [9.17, 15) is 4.79 Å². The van der Waals surface area contributed by atoms with Crippen LogP contribution in [0.3, 0.4) is 0 Å². The zero-order chi connectivity index (χ0) is 11.8. The Balaban J connectivity index is 2.20. The lowest BCUT2D eigenvalue weighted by atomic mass is 10.1. The Kier molecular flexibility index (Phi) is 5.40. The van der Waals surface area contributed by atoms with Gasteiger partial charge in [0.05, 0.1) is 0 Å². The predicted octanol–water partition coefficient (Wildman–Crippen LogP) is 2.06. The number of phenolic OH excluding ortho intramolecular Hbond substituents is 1. The lowest BCUT2D eigenvalue weighted by Gasteiger charge is -2.04. The average molecular weight is 220 g/mol. The van der Waals surface area contributed by atoms with E-state index in [1.165, 1.54) is 0 Å². The molecule has 0 aromatic heterocycles. The van der Waals surface area contributed by atoms with Crippen LogP contribution >= 0.6 is 0 Å². The van der Waals surface area contributed by atoms with Gasteiger partial charge in [-0.05, 0) is 30.5 Å². The van der Waals surface area contributed by atoms with Gasteiger partial charge in [-0.15, -0.1) is 0 Å². The summed E-state index contributed by atoms with van der Waals surface area (Å²) in [7, 11) is 0. The normalized spacial score (nSPS) is 10.1. The van der Waals surface area contributed by atoms with Crippen LogP contribution in [0.2, 0.25) is 0 Å². The first kappa shape index (κ1) is 12.6. The molecule has 87 valence electrons. The van der Waals surface area contributed by atoms with E-state index in [2.05, 4.69) is 12.2 Å². The van der Waals surface area contributed by atoms with Crippen molar-refractivity contribution in [1.82, 2.24) is 5.32 Å². The molecule has 1 amide bonds. The Hall–Kier alpha value is -1.51. The number of phenols is 1. The van der Waals surface area contributed by atoms with Crippen LogP contribution in [0.15, 0.2) is 24.3 Å². The molecule has 0 heterocycles. The molecule has 0 spiro atoms. The van der Waals surface area contributed by atoms with Crippen molar-refractivity contribution in [1.29, 1.82) is 0 Å². The van der Waals surface area contributed by atoms with E-state index < -0.39 is 0 Å². The summed E-state index contributed by atoms with van der Waals surface area (Å²) in [5, 5.41) is 11.9. The number of benzene rings is 1. The fourth-order valence-electron chi connectivity index (χ4n) is 1.38. The van der Waals surface area contributed by atoms with Crippen LogP contribution in [0.25, 0.3) is 0 Å². The fourth-order valence-corrected chi connectivity index (χ4v) is 1.38. The number of carbonyl (C=O) groups excluding carboxylic acids is 1. The second-order valence-electron chi connectivity index (χ2n) is 3.72. The molecular formula is C13H18NO2. The molecule has 3 heteroatoms. The first-order valence-electron chi connectivity index (χ1n) is 5.56. The van der Waals surface area contributed by atoms with Crippen molar-refractivity contribution in [3.8, 4) is 5.75 Å². The third kappa shape index (κ3) is 4.82. The molecule has 16 heavy (non-hydrogen) atoms. The summed E-state index contributed by atoms with van der Waals surface area (Å²) in [4.78, 5) is 11.3. The van der Waals surface area contributed by atoms with E-state index in [0.717, 1.165) is 24.8 Å². The molecular weight excluding hydrogens is 202 g/mol. The molecule has 0 aliphatic heterocycles. The van der Waals surface area contributed by atoms with Gasteiger partial charge in [-0.2, -0.15) is 0 Å². The number of carbonyl (C=O) groups is 1. The lowest BCUT2D eigenvalue weighted by Crippen LogP contribution is -2.25. The summed E-state index contributed by atoms with van der Waals surface area (Å²) >= 11 is 0. The molecule has 1 radical (unpaired) electrons. The van der Waals surface area contributed by atoms with Crippen LogP contribution in [0.1, 0.15) is 24.8 Å². The Morgan fingerprint density at radius 1 is 1.31 bits per heavy atom. The average Bonchev–Trinajstić information content (AvgIpc) is 2.29. The minimum Gasteiger partial charge on any atom is -0.508 e. The molecule has 0 saturated carbocycles. The molecule has 0 fully saturated rings. The fraction of sp³-hybridized carbons (Fsp3) is 0.385. The van der Waals surface area contributed by atoms with Crippen LogP contribution in [-0.4, -0.2) is 17.6 Å². The molecule has 0 unspecified atom stereocenters. The summed E-state index contributed by atoms with van der Waals surface area (Å²) in [5.41, 5.74) is 1.11. The molecule has 0 aliphatic rings. The van der Waals surface area contributed by atoms with Crippen LogP contribution in [0, 0.1) is 6.92 Å². The maximum Gasteiger partial charge on any atom is 0.220 e. The van der Waals surface area contributed by atoms with Crippen molar-refractivity contribution in [2.75, 3.05) is 6.54 Å². The predicted molar refractivity (Wildman–Crippen MR) is 64.0 cm³/mol. The zero-order valence-electron chi connectivity index (χ0n) is 9.41. The third-order valence-corrected chi connectivity index (χ3v) is 2.33. The standard InChI is InChI=1S/C13H18NO2/c1-2-3-4-13(16)14-10-9-11-5-7-12(15)8-6-11/h5-8,15H,1-4,9-10H2,(H,14,16). The first-order chi connectivity index (χ1) is 7.72. The minimum atomic E-state index is 0.0856. The quantitative estimate of drug-likeness (QED) is 0.771. The van der Waals surface area contributed by atoms with Gasteiger partial charge in [0.15, 0.2) is 0 Å². The van der Waals surface area contributed by atoms with Gasteiger partial charge in [0.25, 0.3) is 0 Å². The van der Waals surface area contributed by atoms with E-state index in [0.29, 0.717) is 13.0 Å². The van der Waals surface area contributed by atoms with E-state index >= 15 is 0 Å². The van der Waals surface area contributed by atoms with E-state index in [1.807, 2.05) is 12.1 Å². The number of hydrogen-bond acceptors (Lipinski definition) is 2. The van der Waals surface area contributed by atoms with Crippen molar-refractivity contribution in [2.45, 2.75) is 25.7 Å². The zero-order valence-corrected chi connectivity index (χ0v) is 9.41. The van der Waals surface area contributed by atoms with Crippen LogP contribution < -0.4 is 5.32 Å². The number of unbranched alkanes of at least 4 members (excludes halogenated alkanes) is 1. The van der Waals surface area contributed by atoms with Crippen molar-refractivity contribution < 1.29 is 9.90 Å². The number of amides is 1. The lowest BCUT2D eigenvalue weighted by molar-refractivity contribution is -0.121. The van der Waals surface area contributed by atoms with Gasteiger partial charge < -0.3 is 10.4 Å². The number of nitrogens with one attached hydrogen (secondary N) is 1. The maximum atomic E-state index is 11.3. The van der Waals surface area contributed by atoms with Gasteiger partial charge in [-0.25, -0.2) is 0 Å². The van der Waals surface area contributed by atoms with Gasteiger partial charge >= 0.3 is 0 Å². The highest BCUT2D eigenvalue weighted by molar-refractivity contribution is 5.75. The monoisotopic (exact) mass is 220 g/mol. The molecule has 1 aromatic rings. The minimum absolute atomic E-state index is 0.0856. The third-order valence-electron chi connectivity index (χ3n) is 2.33. The van der Waals surface area contributed by atoms with E-state index in [1.54, 1.807) is 12.1 Å². The number of aromatic hydroxyl groups is 1. The largest absolute Gasteiger partial charge is 0.508 e. The molecule has 2 N–H and O–H groups in total. The SMILES string of the molecule is [CH2]CCCC(=O)NCCc1ccc(O)cc1. The smallest absolute Gasteiger partial charge is 0.220 e. The molecule has 0 saturated heterocycles. The molecule has 0 atom stereocenters. The Labute approximate surface area is 96.5 Å². The number of hydrogen-bond donors (Lipinski definition) is 2. The molecule has 1 aromatic carbocycles. The summed E-state index contributed by atoms with van der Waals surface area (Å²) in [6, 6.07) is 7.02. The van der Waals surface area contributed by atoms with Crippen molar-refractivity contribution in [3.05, 3.63) is 36.8 Å². The molecule has 1 rings (SSSR count). The van der Waals surface area contributed by atoms with E-state index in [-0.39, 0.29) is 11.7 Å². The van der Waals surface area contributed by atoms with Crippen LogP contribution in [0.5, 0.6) is 5.75 Å². The Bertz CT molecular complexity index is 319. The van der Waals surface area contributed by atoms with Crippen molar-refractivity contribution >= 4 is 5.91 Å². The van der Waals surface area contributed by atoms with Gasteiger partial charge in [-0.1, -0.05) is 25.5 Å². The highest BCUT2D eigenvalue weighted by Gasteiger charge is 1.99. The molecule has 3 nitrogen and oxygen atoms in total. The second-order valence-corrected chi connectivity index (χ2v) is 3.72. The Morgan fingerprint density at radius 2 is 2.00 bits per heavy atom. The Morgan fingerprint density at radius 3 is 2.62 bits per heavy atom. The summed E-state index contributed by atoms with van der Waals surface area (Å²) in [6.07, 6.45) is 2.98. The molecule has 0 aliphatic carbocycles. The van der Waals surface area contributed by atoms with Crippen LogP contribution in [0.4, 0.5) is 0 Å². The summed E-state index contributed by atoms with van der Waals surface area (Å²) in [5.74, 6) is 0.352. The maximum absolute atomic E-state index is 11.3. The van der Waals surface area contributed by atoms with Gasteiger partial charge in [0.2, 0.25) is 5.91 Å². The highest BCUT2D eigenvalue weighted by Crippen LogP contribution is 2.09. The van der Waals surface area contributed by atoms with Crippen LogP contribution in [-0.2, 0) is 11.2 Å². The summed E-state index contributed by atoms with van der Waals surface area (Å²) in [6.45, 7) is 4.33. The van der Waals surface area contributed by atoms with Gasteiger partial charge in [0.1, 0.15) is 5.75 Å². The van der Waals surface area contributed by atoms with Crippen molar-refractivity contribution in [3.63, 3.8) is 0 Å². The van der Waals surface area contributed by atoms with Gasteiger partial charge in [0, 0.05) is 13.0 Å². The highest BCUT2D eigenvalue weighted by atomic mass is 16.3. The summed E-state index contributed by atoms with van der Waals surface area (Å²) < 4.78 is 0. The first-order valence-corrected chi connectivity index (χ1v) is 5.56. The van der Waals surface area contributed by atoms with E-state index in [4.69, 9.17) is 5.11 Å². The molecule has 0 bridgehead atoms.